The molecule has 0 aliphatic carbocycles. The molecule has 0 bridgehead atoms. The number of morpholine rings is 1. The summed E-state index contributed by atoms with van der Waals surface area (Å²) in [5.41, 5.74) is 1.33. The van der Waals surface area contributed by atoms with Crippen molar-refractivity contribution in [2.45, 2.75) is 13.0 Å². The third-order valence-corrected chi connectivity index (χ3v) is 6.00. The maximum absolute atomic E-state index is 14.9. The quantitative estimate of drug-likeness (QED) is 0.455. The van der Waals surface area contributed by atoms with Gasteiger partial charge in [-0.1, -0.05) is 11.6 Å². The Morgan fingerprint density at radius 3 is 2.76 bits per heavy atom. The van der Waals surface area contributed by atoms with Crippen LogP contribution in [0.15, 0.2) is 35.4 Å². The van der Waals surface area contributed by atoms with Crippen molar-refractivity contribution in [1.29, 1.82) is 0 Å². The van der Waals surface area contributed by atoms with Crippen molar-refractivity contribution in [2.24, 2.45) is 14.1 Å². The van der Waals surface area contributed by atoms with Gasteiger partial charge in [0.05, 0.1) is 19.3 Å². The van der Waals surface area contributed by atoms with Crippen LogP contribution in [0.3, 0.4) is 0 Å². The standard InChI is InChI=1S/C22H21ClFN7O2/c1-12-26-19-18(15-8-14(23)4-5-16(15)24)27-22(28-20(19)21(32)30(12)3)31-6-7-33-17(11-31)13-9-25-29(2)10-13/h4-5,8-10,17H,6-7,11H2,1-3H3/t17-/m0/s1. The first-order valence-corrected chi connectivity index (χ1v) is 10.8. The predicted molar refractivity (Wildman–Crippen MR) is 122 cm³/mol. The molecule has 11 heteroatoms. The molecule has 0 unspecified atom stereocenters. The largest absolute Gasteiger partial charge is 0.370 e. The number of anilines is 1. The molecule has 0 radical (unpaired) electrons. The van der Waals surface area contributed by atoms with Crippen LogP contribution in [0.4, 0.5) is 10.3 Å². The second-order valence-corrected chi connectivity index (χ2v) is 8.41. The highest BCUT2D eigenvalue weighted by Gasteiger charge is 2.27. The van der Waals surface area contributed by atoms with Crippen molar-refractivity contribution in [2.75, 3.05) is 24.6 Å². The summed E-state index contributed by atoms with van der Waals surface area (Å²) in [4.78, 5) is 28.7. The van der Waals surface area contributed by atoms with E-state index in [1.54, 1.807) is 24.9 Å². The number of benzene rings is 1. The Hall–Kier alpha value is -3.37. The fourth-order valence-electron chi connectivity index (χ4n) is 3.89. The van der Waals surface area contributed by atoms with Crippen molar-refractivity contribution in [1.82, 2.24) is 29.3 Å². The average molecular weight is 470 g/mol. The number of aromatic nitrogens is 6. The minimum Gasteiger partial charge on any atom is -0.370 e. The van der Waals surface area contributed by atoms with E-state index < -0.39 is 5.82 Å². The molecule has 1 aliphatic rings. The van der Waals surface area contributed by atoms with Crippen LogP contribution in [0.25, 0.3) is 22.3 Å². The Labute approximate surface area is 193 Å². The third-order valence-electron chi connectivity index (χ3n) is 5.77. The maximum Gasteiger partial charge on any atom is 0.279 e. The molecule has 4 heterocycles. The van der Waals surface area contributed by atoms with Crippen LogP contribution in [0.2, 0.25) is 5.02 Å². The van der Waals surface area contributed by atoms with E-state index in [0.717, 1.165) is 5.56 Å². The molecule has 0 spiro atoms. The molecule has 1 fully saturated rings. The van der Waals surface area contributed by atoms with Gasteiger partial charge < -0.3 is 9.64 Å². The van der Waals surface area contributed by atoms with Crippen molar-refractivity contribution in [3.8, 4) is 11.3 Å². The number of ether oxygens (including phenoxy) is 1. The molecule has 33 heavy (non-hydrogen) atoms. The molecule has 0 N–H and O–H groups in total. The van der Waals surface area contributed by atoms with Gasteiger partial charge >= 0.3 is 0 Å². The van der Waals surface area contributed by atoms with Gasteiger partial charge in [0.1, 0.15) is 29.0 Å². The van der Waals surface area contributed by atoms with Crippen molar-refractivity contribution >= 4 is 28.6 Å². The topological polar surface area (TPSA) is 91.0 Å². The number of rotatable bonds is 3. The summed E-state index contributed by atoms with van der Waals surface area (Å²) < 4.78 is 23.9. The van der Waals surface area contributed by atoms with Crippen LogP contribution in [-0.2, 0) is 18.8 Å². The van der Waals surface area contributed by atoms with Gasteiger partial charge in [-0.25, -0.2) is 19.3 Å². The molecular weight excluding hydrogens is 449 g/mol. The number of fused-ring (bicyclic) bond motifs is 1. The lowest BCUT2D eigenvalue weighted by atomic mass is 10.1. The van der Waals surface area contributed by atoms with Gasteiger partial charge in [-0.2, -0.15) is 5.10 Å². The van der Waals surface area contributed by atoms with Crippen LogP contribution in [0.5, 0.6) is 0 Å². The number of hydrogen-bond acceptors (Lipinski definition) is 7. The number of nitrogens with zero attached hydrogens (tertiary/aromatic N) is 7. The molecule has 3 aromatic heterocycles. The lowest BCUT2D eigenvalue weighted by Crippen LogP contribution is -2.39. The van der Waals surface area contributed by atoms with Crippen LogP contribution in [-0.4, -0.2) is 49.0 Å². The molecule has 170 valence electrons. The third kappa shape index (κ3) is 3.85. The van der Waals surface area contributed by atoms with Gasteiger partial charge in [-0.15, -0.1) is 0 Å². The Bertz CT molecular complexity index is 1430. The number of hydrogen-bond donors (Lipinski definition) is 0. The lowest BCUT2D eigenvalue weighted by Gasteiger charge is -2.32. The van der Waals surface area contributed by atoms with E-state index in [4.69, 9.17) is 16.3 Å². The van der Waals surface area contributed by atoms with Gasteiger partial charge in [0.25, 0.3) is 5.56 Å². The molecule has 0 saturated carbocycles. The Balaban J connectivity index is 1.68. The van der Waals surface area contributed by atoms with Gasteiger partial charge in [0.2, 0.25) is 5.95 Å². The summed E-state index contributed by atoms with van der Waals surface area (Å²) in [7, 11) is 3.46. The van der Waals surface area contributed by atoms with Crippen LogP contribution >= 0.6 is 11.6 Å². The Kier molecular flexibility index (Phi) is 5.34. The first kappa shape index (κ1) is 21.5. The average Bonchev–Trinajstić information content (AvgIpc) is 3.25. The van der Waals surface area contributed by atoms with Gasteiger partial charge in [-0.05, 0) is 25.1 Å². The molecule has 9 nitrogen and oxygen atoms in total. The van der Waals surface area contributed by atoms with E-state index in [9.17, 15) is 9.18 Å². The second-order valence-electron chi connectivity index (χ2n) is 7.97. The molecule has 1 atom stereocenters. The van der Waals surface area contributed by atoms with Crippen LogP contribution in [0, 0.1) is 12.7 Å². The Morgan fingerprint density at radius 2 is 2.00 bits per heavy atom. The van der Waals surface area contributed by atoms with E-state index >= 15 is 0 Å². The summed E-state index contributed by atoms with van der Waals surface area (Å²) in [5, 5.41) is 4.56. The van der Waals surface area contributed by atoms with E-state index in [-0.39, 0.29) is 34.0 Å². The van der Waals surface area contributed by atoms with Crippen LogP contribution in [0.1, 0.15) is 17.5 Å². The fourth-order valence-corrected chi connectivity index (χ4v) is 4.06. The van der Waals surface area contributed by atoms with Gasteiger partial charge in [0.15, 0.2) is 5.52 Å². The van der Waals surface area contributed by atoms with Crippen molar-refractivity contribution in [3.63, 3.8) is 0 Å². The highest BCUT2D eigenvalue weighted by atomic mass is 35.5. The van der Waals surface area contributed by atoms with E-state index in [1.165, 1.54) is 22.8 Å². The highest BCUT2D eigenvalue weighted by Crippen LogP contribution is 2.31. The van der Waals surface area contributed by atoms with E-state index in [2.05, 4.69) is 20.1 Å². The van der Waals surface area contributed by atoms with Crippen molar-refractivity contribution < 1.29 is 9.13 Å². The van der Waals surface area contributed by atoms with Gasteiger partial charge in [-0.3, -0.25) is 14.0 Å². The first-order chi connectivity index (χ1) is 15.8. The number of aryl methyl sites for hydroxylation is 2. The molecule has 4 aromatic rings. The molecule has 1 aromatic carbocycles. The fraction of sp³-hybridized carbons (Fsp3) is 0.318. The Morgan fingerprint density at radius 1 is 1.18 bits per heavy atom. The van der Waals surface area contributed by atoms with Crippen molar-refractivity contribution in [3.05, 3.63) is 63.2 Å². The van der Waals surface area contributed by atoms with E-state index in [1.807, 2.05) is 18.1 Å². The minimum atomic E-state index is -0.513. The maximum atomic E-state index is 14.9. The van der Waals surface area contributed by atoms with Gasteiger partial charge in [0, 0.05) is 43.0 Å². The zero-order valence-electron chi connectivity index (χ0n) is 18.3. The summed E-state index contributed by atoms with van der Waals surface area (Å²) in [5.74, 6) is 0.257. The van der Waals surface area contributed by atoms with E-state index in [0.29, 0.717) is 36.5 Å². The summed E-state index contributed by atoms with van der Waals surface area (Å²) in [6, 6.07) is 4.21. The molecular formula is C22H21ClFN7O2. The summed E-state index contributed by atoms with van der Waals surface area (Å²) in [6.07, 6.45) is 3.41. The zero-order chi connectivity index (χ0) is 23.3. The molecule has 5 rings (SSSR count). The predicted octanol–water partition coefficient (Wildman–Crippen LogP) is 2.80. The van der Waals surface area contributed by atoms with Crippen LogP contribution < -0.4 is 10.5 Å². The lowest BCUT2D eigenvalue weighted by molar-refractivity contribution is 0.0392. The smallest absolute Gasteiger partial charge is 0.279 e. The zero-order valence-corrected chi connectivity index (χ0v) is 19.0. The monoisotopic (exact) mass is 469 g/mol. The summed E-state index contributed by atoms with van der Waals surface area (Å²) >= 11 is 6.15. The number of halogens is 2. The second kappa shape index (κ2) is 8.20. The SMILES string of the molecule is Cc1nc2c(-c3cc(Cl)ccc3F)nc(N3CCO[C@H](c4cnn(C)c4)C3)nc2c(=O)n1C. The minimum absolute atomic E-state index is 0.117. The summed E-state index contributed by atoms with van der Waals surface area (Å²) in [6.45, 7) is 3.10. The molecule has 1 aliphatic heterocycles. The molecule has 0 amide bonds. The molecule has 1 saturated heterocycles. The first-order valence-electron chi connectivity index (χ1n) is 10.4. The highest BCUT2D eigenvalue weighted by molar-refractivity contribution is 6.30. The normalized spacial score (nSPS) is 16.5.